The van der Waals surface area contributed by atoms with Gasteiger partial charge < -0.3 is 15.6 Å². The second kappa shape index (κ2) is 6.59. The zero-order valence-electron chi connectivity index (χ0n) is 11.2. The molecule has 1 aromatic heterocycles. The number of hydrogen-bond acceptors (Lipinski definition) is 2. The first-order valence-corrected chi connectivity index (χ1v) is 6.27. The van der Waals surface area contributed by atoms with E-state index in [2.05, 4.69) is 29.1 Å². The number of carbonyl (C=O) groups is 1. The van der Waals surface area contributed by atoms with Crippen LogP contribution in [0.25, 0.3) is 10.9 Å². The number of fused-ring (bicyclic) bond motifs is 1. The number of anilines is 1. The molecule has 0 saturated carbocycles. The topological polar surface area (TPSA) is 60.0 Å². The number of aromatic nitrogens is 1. The summed E-state index contributed by atoms with van der Waals surface area (Å²) in [7, 11) is 0. The number of rotatable bonds is 4. The molecular weight excluding hydrogens is 262 g/mol. The van der Waals surface area contributed by atoms with Gasteiger partial charge in [0.25, 0.3) is 0 Å². The van der Waals surface area contributed by atoms with Crippen LogP contribution >= 0.6 is 12.4 Å². The van der Waals surface area contributed by atoms with E-state index < -0.39 is 6.04 Å². The molecule has 1 aromatic carbocycles. The molecule has 1 heterocycles. The van der Waals surface area contributed by atoms with Gasteiger partial charge in [0.05, 0.1) is 11.6 Å². The predicted octanol–water partition coefficient (Wildman–Crippen LogP) is 2.76. The highest BCUT2D eigenvalue weighted by atomic mass is 35.5. The standard InChI is InChI=1S/C14H19N3O.ClH/c1-3-7-17-8-6-11-4-5-12(9-13(11)17)16-14(18)10(2)15;/h4-6,8-10H,3,7,15H2,1-2H3,(H,16,18);1H/t10-;/m1./s1. The number of aryl methyl sites for hydroxylation is 1. The molecule has 0 fully saturated rings. The van der Waals surface area contributed by atoms with E-state index in [1.165, 1.54) is 5.39 Å². The molecule has 1 atom stereocenters. The lowest BCUT2D eigenvalue weighted by molar-refractivity contribution is -0.117. The molecule has 0 saturated heterocycles. The van der Waals surface area contributed by atoms with Crippen LogP contribution in [0.1, 0.15) is 20.3 Å². The summed E-state index contributed by atoms with van der Waals surface area (Å²) >= 11 is 0. The molecule has 3 N–H and O–H groups in total. The van der Waals surface area contributed by atoms with Gasteiger partial charge in [-0.3, -0.25) is 4.79 Å². The van der Waals surface area contributed by atoms with Gasteiger partial charge in [0, 0.05) is 18.4 Å². The van der Waals surface area contributed by atoms with Crippen molar-refractivity contribution in [1.29, 1.82) is 0 Å². The summed E-state index contributed by atoms with van der Waals surface area (Å²) in [5.74, 6) is -0.164. The second-order valence-corrected chi connectivity index (χ2v) is 4.56. The van der Waals surface area contributed by atoms with E-state index in [-0.39, 0.29) is 18.3 Å². The van der Waals surface area contributed by atoms with Crippen molar-refractivity contribution in [2.24, 2.45) is 5.73 Å². The Kier molecular flexibility index (Phi) is 5.39. The average Bonchev–Trinajstić information content (AvgIpc) is 2.72. The number of nitrogens with zero attached hydrogens (tertiary/aromatic N) is 1. The fourth-order valence-corrected chi connectivity index (χ4v) is 1.95. The van der Waals surface area contributed by atoms with Gasteiger partial charge >= 0.3 is 0 Å². The minimum atomic E-state index is -0.497. The lowest BCUT2D eigenvalue weighted by Crippen LogP contribution is -2.32. The summed E-state index contributed by atoms with van der Waals surface area (Å²) in [6.07, 6.45) is 3.16. The van der Waals surface area contributed by atoms with Crippen molar-refractivity contribution >= 4 is 34.9 Å². The maximum absolute atomic E-state index is 11.6. The van der Waals surface area contributed by atoms with Crippen molar-refractivity contribution < 1.29 is 4.79 Å². The van der Waals surface area contributed by atoms with Crippen LogP contribution in [-0.2, 0) is 11.3 Å². The Balaban J connectivity index is 0.00000180. The Morgan fingerprint density at radius 1 is 1.42 bits per heavy atom. The van der Waals surface area contributed by atoms with E-state index in [4.69, 9.17) is 5.73 Å². The van der Waals surface area contributed by atoms with Crippen LogP contribution in [0, 0.1) is 0 Å². The van der Waals surface area contributed by atoms with E-state index in [0.29, 0.717) is 0 Å². The van der Waals surface area contributed by atoms with Crippen molar-refractivity contribution in [2.45, 2.75) is 32.9 Å². The van der Waals surface area contributed by atoms with Crippen molar-refractivity contribution in [1.82, 2.24) is 4.57 Å². The summed E-state index contributed by atoms with van der Waals surface area (Å²) in [4.78, 5) is 11.6. The third-order valence-electron chi connectivity index (χ3n) is 2.92. The van der Waals surface area contributed by atoms with Crippen LogP contribution in [0.2, 0.25) is 0 Å². The van der Waals surface area contributed by atoms with Gasteiger partial charge in [0.15, 0.2) is 0 Å². The Morgan fingerprint density at radius 2 is 2.16 bits per heavy atom. The molecule has 5 heteroatoms. The second-order valence-electron chi connectivity index (χ2n) is 4.56. The van der Waals surface area contributed by atoms with Gasteiger partial charge in [-0.15, -0.1) is 12.4 Å². The van der Waals surface area contributed by atoms with E-state index in [1.807, 2.05) is 18.2 Å². The molecule has 2 aromatic rings. The first-order chi connectivity index (χ1) is 8.61. The highest BCUT2D eigenvalue weighted by Gasteiger charge is 2.08. The molecule has 0 spiro atoms. The quantitative estimate of drug-likeness (QED) is 0.905. The zero-order valence-corrected chi connectivity index (χ0v) is 12.0. The molecule has 0 bridgehead atoms. The fraction of sp³-hybridized carbons (Fsp3) is 0.357. The van der Waals surface area contributed by atoms with Crippen molar-refractivity contribution in [3.05, 3.63) is 30.5 Å². The lowest BCUT2D eigenvalue weighted by Gasteiger charge is -2.09. The maximum atomic E-state index is 11.6. The van der Waals surface area contributed by atoms with Crippen LogP contribution < -0.4 is 11.1 Å². The highest BCUT2D eigenvalue weighted by Crippen LogP contribution is 2.21. The monoisotopic (exact) mass is 281 g/mol. The predicted molar refractivity (Wildman–Crippen MR) is 81.8 cm³/mol. The number of hydrogen-bond donors (Lipinski definition) is 2. The van der Waals surface area contributed by atoms with E-state index in [9.17, 15) is 4.79 Å². The number of amides is 1. The summed E-state index contributed by atoms with van der Waals surface area (Å²) in [6, 6.07) is 7.49. The van der Waals surface area contributed by atoms with Crippen LogP contribution in [-0.4, -0.2) is 16.5 Å². The van der Waals surface area contributed by atoms with Gasteiger partial charge in [0.2, 0.25) is 5.91 Å². The minimum absolute atomic E-state index is 0. The maximum Gasteiger partial charge on any atom is 0.240 e. The molecular formula is C14H20ClN3O. The van der Waals surface area contributed by atoms with Gasteiger partial charge in [-0.1, -0.05) is 13.0 Å². The minimum Gasteiger partial charge on any atom is -0.347 e. The summed E-state index contributed by atoms with van der Waals surface area (Å²) in [5.41, 5.74) is 7.47. The highest BCUT2D eigenvalue weighted by molar-refractivity contribution is 5.96. The summed E-state index contributed by atoms with van der Waals surface area (Å²) in [6.45, 7) is 4.80. The van der Waals surface area contributed by atoms with Gasteiger partial charge in [0.1, 0.15) is 0 Å². The Bertz CT molecular complexity index is 563. The SMILES string of the molecule is CCCn1ccc2ccc(NC(=O)[C@@H](C)N)cc21.Cl. The molecule has 1 amide bonds. The van der Waals surface area contributed by atoms with Crippen LogP contribution in [0.15, 0.2) is 30.5 Å². The molecule has 0 aliphatic rings. The third-order valence-corrected chi connectivity index (χ3v) is 2.92. The molecule has 4 nitrogen and oxygen atoms in total. The summed E-state index contributed by atoms with van der Waals surface area (Å²) in [5, 5.41) is 4.00. The number of carbonyl (C=O) groups excluding carboxylic acids is 1. The van der Waals surface area contributed by atoms with Crippen LogP contribution in [0.4, 0.5) is 5.69 Å². The number of benzene rings is 1. The summed E-state index contributed by atoms with van der Waals surface area (Å²) < 4.78 is 2.19. The number of nitrogens with one attached hydrogen (secondary N) is 1. The van der Waals surface area contributed by atoms with Gasteiger partial charge in [-0.05, 0) is 36.9 Å². The average molecular weight is 282 g/mol. The zero-order chi connectivity index (χ0) is 13.1. The van der Waals surface area contributed by atoms with Crippen molar-refractivity contribution in [3.63, 3.8) is 0 Å². The normalized spacial score (nSPS) is 11.9. The van der Waals surface area contributed by atoms with Crippen molar-refractivity contribution in [2.75, 3.05) is 5.32 Å². The number of halogens is 1. The molecule has 2 rings (SSSR count). The molecule has 0 radical (unpaired) electrons. The van der Waals surface area contributed by atoms with Gasteiger partial charge in [-0.2, -0.15) is 0 Å². The van der Waals surface area contributed by atoms with Crippen LogP contribution in [0.5, 0.6) is 0 Å². The number of nitrogens with two attached hydrogens (primary N) is 1. The Labute approximate surface area is 119 Å². The van der Waals surface area contributed by atoms with Crippen LogP contribution in [0.3, 0.4) is 0 Å². The smallest absolute Gasteiger partial charge is 0.240 e. The third kappa shape index (κ3) is 3.49. The lowest BCUT2D eigenvalue weighted by atomic mass is 10.2. The largest absolute Gasteiger partial charge is 0.347 e. The first kappa shape index (κ1) is 15.5. The molecule has 0 aliphatic carbocycles. The first-order valence-electron chi connectivity index (χ1n) is 6.27. The van der Waals surface area contributed by atoms with E-state index >= 15 is 0 Å². The fourth-order valence-electron chi connectivity index (χ4n) is 1.95. The van der Waals surface area contributed by atoms with E-state index in [1.54, 1.807) is 6.92 Å². The van der Waals surface area contributed by atoms with Gasteiger partial charge in [-0.25, -0.2) is 0 Å². The molecule has 0 unspecified atom stereocenters. The molecule has 104 valence electrons. The molecule has 19 heavy (non-hydrogen) atoms. The Morgan fingerprint density at radius 3 is 2.79 bits per heavy atom. The Hall–Kier alpha value is -1.52. The van der Waals surface area contributed by atoms with E-state index in [0.717, 1.165) is 24.2 Å². The molecule has 0 aliphatic heterocycles. The van der Waals surface area contributed by atoms with Crippen molar-refractivity contribution in [3.8, 4) is 0 Å².